The molecule has 0 radical (unpaired) electrons. The molecule has 21 heavy (non-hydrogen) atoms. The average Bonchev–Trinajstić information content (AvgIpc) is 2.89. The zero-order chi connectivity index (χ0) is 14.2. The molecule has 0 bridgehead atoms. The third-order valence-corrected chi connectivity index (χ3v) is 4.42. The Morgan fingerprint density at radius 3 is 2.62 bits per heavy atom. The second kappa shape index (κ2) is 4.85. The Hall–Kier alpha value is -2.42. The summed E-state index contributed by atoms with van der Waals surface area (Å²) in [7, 11) is 0. The maximum Gasteiger partial charge on any atom is 0.196 e. The molecule has 2 aromatic heterocycles. The SMILES string of the molecule is O=C(c1ccc(C2CCC2)cc1)c1cnn2ccccc12. The second-order valence-electron chi connectivity index (χ2n) is 5.67. The third kappa shape index (κ3) is 2.05. The number of carbonyl (C=O) groups is 1. The summed E-state index contributed by atoms with van der Waals surface area (Å²) >= 11 is 0. The van der Waals surface area contributed by atoms with Crippen LogP contribution in [-0.2, 0) is 0 Å². The molecule has 0 unspecified atom stereocenters. The fourth-order valence-corrected chi connectivity index (χ4v) is 2.91. The minimum absolute atomic E-state index is 0.0383. The van der Waals surface area contributed by atoms with Crippen molar-refractivity contribution in [3.8, 4) is 0 Å². The van der Waals surface area contributed by atoms with Gasteiger partial charge in [-0.15, -0.1) is 0 Å². The Kier molecular flexibility index (Phi) is 2.85. The third-order valence-electron chi connectivity index (χ3n) is 4.42. The molecule has 3 aromatic rings. The number of pyridine rings is 1. The largest absolute Gasteiger partial charge is 0.288 e. The van der Waals surface area contributed by atoms with Crippen LogP contribution in [0.3, 0.4) is 0 Å². The number of aromatic nitrogens is 2. The van der Waals surface area contributed by atoms with Crippen molar-refractivity contribution in [1.29, 1.82) is 0 Å². The van der Waals surface area contributed by atoms with E-state index in [-0.39, 0.29) is 5.78 Å². The Morgan fingerprint density at radius 1 is 1.10 bits per heavy atom. The van der Waals surface area contributed by atoms with E-state index in [4.69, 9.17) is 0 Å². The molecular formula is C18H16N2O. The van der Waals surface area contributed by atoms with Gasteiger partial charge in [0.05, 0.1) is 17.3 Å². The molecular weight excluding hydrogens is 260 g/mol. The van der Waals surface area contributed by atoms with Crippen molar-refractivity contribution in [3.05, 3.63) is 71.5 Å². The first-order chi connectivity index (χ1) is 10.3. The predicted molar refractivity (Wildman–Crippen MR) is 81.7 cm³/mol. The summed E-state index contributed by atoms with van der Waals surface area (Å²) in [6.07, 6.45) is 7.39. The zero-order valence-electron chi connectivity index (χ0n) is 11.7. The smallest absolute Gasteiger partial charge is 0.196 e. The standard InChI is InChI=1S/C18H16N2O/c21-18(16-12-19-20-11-2-1-6-17(16)20)15-9-7-14(8-10-15)13-4-3-5-13/h1-2,6-13H,3-5H2. The van der Waals surface area contributed by atoms with Gasteiger partial charge >= 0.3 is 0 Å². The first-order valence-electron chi connectivity index (χ1n) is 7.40. The summed E-state index contributed by atoms with van der Waals surface area (Å²) in [5, 5.41) is 4.23. The van der Waals surface area contributed by atoms with E-state index in [0.717, 1.165) is 11.1 Å². The highest BCUT2D eigenvalue weighted by Crippen LogP contribution is 2.36. The second-order valence-corrected chi connectivity index (χ2v) is 5.67. The van der Waals surface area contributed by atoms with Gasteiger partial charge in [0.1, 0.15) is 0 Å². The lowest BCUT2D eigenvalue weighted by Gasteiger charge is -2.25. The van der Waals surface area contributed by atoms with Gasteiger partial charge in [0.25, 0.3) is 0 Å². The minimum atomic E-state index is 0.0383. The molecule has 0 atom stereocenters. The number of nitrogens with zero attached hydrogens (tertiary/aromatic N) is 2. The predicted octanol–water partition coefficient (Wildman–Crippen LogP) is 3.83. The van der Waals surface area contributed by atoms with E-state index in [2.05, 4.69) is 17.2 Å². The van der Waals surface area contributed by atoms with Crippen molar-refractivity contribution >= 4 is 11.3 Å². The quantitative estimate of drug-likeness (QED) is 0.681. The Balaban J connectivity index is 1.67. The van der Waals surface area contributed by atoms with Gasteiger partial charge in [-0.25, -0.2) is 4.52 Å². The Labute approximate surface area is 123 Å². The summed E-state index contributed by atoms with van der Waals surface area (Å²) in [6.45, 7) is 0. The summed E-state index contributed by atoms with van der Waals surface area (Å²) in [5.41, 5.74) is 3.60. The van der Waals surface area contributed by atoms with Gasteiger partial charge in [-0.05, 0) is 36.5 Å². The van der Waals surface area contributed by atoms with Gasteiger partial charge in [0.2, 0.25) is 0 Å². The van der Waals surface area contributed by atoms with Crippen LogP contribution in [-0.4, -0.2) is 15.4 Å². The lowest BCUT2D eigenvalue weighted by molar-refractivity contribution is 0.104. The summed E-state index contributed by atoms with van der Waals surface area (Å²) in [5.74, 6) is 0.738. The Bertz CT molecular complexity index is 797. The highest BCUT2D eigenvalue weighted by Gasteiger charge is 2.20. The molecule has 0 aliphatic heterocycles. The van der Waals surface area contributed by atoms with Gasteiger partial charge in [0, 0.05) is 11.8 Å². The van der Waals surface area contributed by atoms with Crippen LogP contribution in [0.25, 0.3) is 5.52 Å². The fourth-order valence-electron chi connectivity index (χ4n) is 2.91. The number of rotatable bonds is 3. The maximum atomic E-state index is 12.6. The number of benzene rings is 1. The van der Waals surface area contributed by atoms with Gasteiger partial charge in [-0.2, -0.15) is 5.10 Å². The molecule has 2 heterocycles. The molecule has 4 rings (SSSR count). The van der Waals surface area contributed by atoms with Gasteiger partial charge < -0.3 is 0 Å². The number of ketones is 1. The monoisotopic (exact) mass is 276 g/mol. The van der Waals surface area contributed by atoms with E-state index >= 15 is 0 Å². The molecule has 3 nitrogen and oxygen atoms in total. The van der Waals surface area contributed by atoms with Crippen LogP contribution in [0.15, 0.2) is 54.9 Å². The molecule has 1 aliphatic rings. The van der Waals surface area contributed by atoms with Gasteiger partial charge in [-0.3, -0.25) is 4.79 Å². The Morgan fingerprint density at radius 2 is 1.90 bits per heavy atom. The van der Waals surface area contributed by atoms with Crippen LogP contribution in [0.2, 0.25) is 0 Å². The molecule has 0 amide bonds. The fraction of sp³-hybridized carbons (Fsp3) is 0.222. The molecule has 3 heteroatoms. The van der Waals surface area contributed by atoms with Crippen molar-refractivity contribution in [2.75, 3.05) is 0 Å². The first-order valence-corrected chi connectivity index (χ1v) is 7.40. The van der Waals surface area contributed by atoms with Crippen LogP contribution < -0.4 is 0 Å². The van der Waals surface area contributed by atoms with Crippen LogP contribution in [0.5, 0.6) is 0 Å². The minimum Gasteiger partial charge on any atom is -0.288 e. The summed E-state index contributed by atoms with van der Waals surface area (Å²) in [4.78, 5) is 12.6. The van der Waals surface area contributed by atoms with Gasteiger partial charge in [0.15, 0.2) is 5.78 Å². The molecule has 0 saturated heterocycles. The lowest BCUT2D eigenvalue weighted by atomic mass is 9.80. The van der Waals surface area contributed by atoms with E-state index in [0.29, 0.717) is 11.5 Å². The number of hydrogen-bond donors (Lipinski definition) is 0. The van der Waals surface area contributed by atoms with Crippen LogP contribution in [0, 0.1) is 0 Å². The molecule has 0 spiro atoms. The number of fused-ring (bicyclic) bond motifs is 1. The normalized spacial score (nSPS) is 15.0. The van der Waals surface area contributed by atoms with E-state index < -0.39 is 0 Å². The molecule has 1 aliphatic carbocycles. The molecule has 0 N–H and O–H groups in total. The van der Waals surface area contributed by atoms with Crippen molar-refractivity contribution in [2.24, 2.45) is 0 Å². The van der Waals surface area contributed by atoms with Gasteiger partial charge in [-0.1, -0.05) is 36.8 Å². The van der Waals surface area contributed by atoms with E-state index in [1.54, 1.807) is 10.7 Å². The number of carbonyl (C=O) groups excluding carboxylic acids is 1. The number of hydrogen-bond acceptors (Lipinski definition) is 2. The van der Waals surface area contributed by atoms with Crippen molar-refractivity contribution in [1.82, 2.24) is 9.61 Å². The molecule has 1 aromatic carbocycles. The van der Waals surface area contributed by atoms with Crippen molar-refractivity contribution in [2.45, 2.75) is 25.2 Å². The lowest BCUT2D eigenvalue weighted by Crippen LogP contribution is -2.09. The summed E-state index contributed by atoms with van der Waals surface area (Å²) in [6, 6.07) is 13.8. The zero-order valence-corrected chi connectivity index (χ0v) is 11.7. The highest BCUT2D eigenvalue weighted by atomic mass is 16.1. The van der Waals surface area contributed by atoms with E-state index in [1.807, 2.05) is 36.5 Å². The van der Waals surface area contributed by atoms with Crippen molar-refractivity contribution < 1.29 is 4.79 Å². The molecule has 1 fully saturated rings. The first kappa shape index (κ1) is 12.3. The maximum absolute atomic E-state index is 12.6. The molecule has 104 valence electrons. The highest BCUT2D eigenvalue weighted by molar-refractivity contribution is 6.12. The average molecular weight is 276 g/mol. The topological polar surface area (TPSA) is 34.4 Å². The van der Waals surface area contributed by atoms with Crippen LogP contribution in [0.1, 0.15) is 46.7 Å². The van der Waals surface area contributed by atoms with Crippen LogP contribution >= 0.6 is 0 Å². The molecule has 1 saturated carbocycles. The van der Waals surface area contributed by atoms with E-state index in [1.165, 1.54) is 24.8 Å². The summed E-state index contributed by atoms with van der Waals surface area (Å²) < 4.78 is 1.73. The van der Waals surface area contributed by atoms with Crippen LogP contribution in [0.4, 0.5) is 0 Å². The van der Waals surface area contributed by atoms with E-state index in [9.17, 15) is 4.79 Å². The van der Waals surface area contributed by atoms with Crippen molar-refractivity contribution in [3.63, 3.8) is 0 Å².